The first kappa shape index (κ1) is 49.2. The summed E-state index contributed by atoms with van der Waals surface area (Å²) < 4.78 is 29.5. The van der Waals surface area contributed by atoms with Gasteiger partial charge in [-0.1, -0.05) is 193 Å². The van der Waals surface area contributed by atoms with Crippen molar-refractivity contribution in [2.24, 2.45) is 0 Å². The monoisotopic (exact) mass is 941 g/mol. The Kier molecular flexibility index (Phi) is 15.9. The highest BCUT2D eigenvalue weighted by atomic mass is 19.1. The van der Waals surface area contributed by atoms with Gasteiger partial charge in [0.25, 0.3) is 0 Å². The number of unbranched alkanes of at least 4 members (excludes halogenated alkanes) is 10. The molecule has 1 aliphatic rings. The van der Waals surface area contributed by atoms with Crippen LogP contribution in [0.5, 0.6) is 0 Å². The van der Waals surface area contributed by atoms with Crippen LogP contribution in [0.15, 0.2) is 182 Å². The van der Waals surface area contributed by atoms with Gasteiger partial charge in [-0.15, -0.1) is 0 Å². The minimum Gasteiger partial charge on any atom is -0.310 e. The summed E-state index contributed by atoms with van der Waals surface area (Å²) in [6.45, 7) is 8.93. The predicted octanol–water partition coefficient (Wildman–Crippen LogP) is 20.6. The van der Waals surface area contributed by atoms with Crippen LogP contribution in [-0.2, 0) is 5.41 Å². The maximum atomic E-state index is 15.0. The summed E-state index contributed by atoms with van der Waals surface area (Å²) in [5.74, 6) is -0.558. The number of anilines is 6. The average molecular weight is 941 g/mol. The van der Waals surface area contributed by atoms with Gasteiger partial charge in [0.05, 0.1) is 0 Å². The number of nitrogens with zero attached hydrogens (tertiary/aromatic N) is 2. The van der Waals surface area contributed by atoms with Gasteiger partial charge in [0.2, 0.25) is 0 Å². The SMILES string of the molecule is CCCCCCCCC1(CCCCCCCC)c2cc(C)ccc2-c2ccc(-c3ccc(N(c4ccc(-c5ccc(N(c6ccc(C)cc6)c6cccc(F)c6)cc5)cc4)c4cccc(F)c4)cc3)cc21. The van der Waals surface area contributed by atoms with Gasteiger partial charge in [-0.3, -0.25) is 0 Å². The molecule has 0 atom stereocenters. The standard InChI is InChI=1S/C67H70F2N2/c1-5-7-9-11-13-15-43-67(44-16-14-12-10-8-6-2)65-45-50(4)25-41-63(65)64-42-32-54(46-66(64)67)53-30-39-60(40-31-53)71(62-22-18-20-56(69)48-62)59-37-28-52(29-38-59)51-26-35-58(36-27-51)70(57-33-23-49(3)24-34-57)61-21-17-19-55(68)47-61/h17-42,45-48H,5-16,43-44H2,1-4H3. The second-order valence-electron chi connectivity index (χ2n) is 20.0. The van der Waals surface area contributed by atoms with Crippen LogP contribution in [0.4, 0.5) is 42.9 Å². The van der Waals surface area contributed by atoms with E-state index in [1.54, 1.807) is 29.8 Å². The summed E-state index contributed by atoms with van der Waals surface area (Å²) in [5.41, 5.74) is 18.2. The first-order valence-electron chi connectivity index (χ1n) is 26.5. The maximum Gasteiger partial charge on any atom is 0.125 e. The lowest BCUT2D eigenvalue weighted by molar-refractivity contribution is 0.398. The molecule has 0 radical (unpaired) electrons. The summed E-state index contributed by atoms with van der Waals surface area (Å²) in [6, 6.07) is 62.0. The molecule has 4 heteroatoms. The molecule has 0 aliphatic heterocycles. The molecule has 2 nitrogen and oxygen atoms in total. The third-order valence-corrected chi connectivity index (χ3v) is 14.9. The van der Waals surface area contributed by atoms with Crippen LogP contribution in [0, 0.1) is 25.5 Å². The number of aryl methyl sites for hydroxylation is 2. The Balaban J connectivity index is 1.00. The van der Waals surface area contributed by atoms with Crippen LogP contribution >= 0.6 is 0 Å². The van der Waals surface area contributed by atoms with Gasteiger partial charge in [0, 0.05) is 39.5 Å². The lowest BCUT2D eigenvalue weighted by atomic mass is 9.70. The summed E-state index contributed by atoms with van der Waals surface area (Å²) in [4.78, 5) is 4.20. The Morgan fingerprint density at radius 3 is 1.15 bits per heavy atom. The minimum atomic E-state index is -0.279. The zero-order valence-electron chi connectivity index (χ0n) is 42.4. The number of hydrogen-bond acceptors (Lipinski definition) is 2. The molecule has 0 spiro atoms. The van der Waals surface area contributed by atoms with Crippen LogP contribution in [0.25, 0.3) is 33.4 Å². The van der Waals surface area contributed by atoms with E-state index < -0.39 is 0 Å². The number of fused-ring (bicyclic) bond motifs is 3. The minimum absolute atomic E-state index is 0.00910. The Hall–Kier alpha value is -6.78. The van der Waals surface area contributed by atoms with Gasteiger partial charge >= 0.3 is 0 Å². The highest BCUT2D eigenvalue weighted by Crippen LogP contribution is 2.55. The molecular weight excluding hydrogens is 871 g/mol. The lowest BCUT2D eigenvalue weighted by Crippen LogP contribution is -2.25. The third kappa shape index (κ3) is 11.2. The normalized spacial score (nSPS) is 12.4. The molecule has 0 heterocycles. The molecule has 0 unspecified atom stereocenters. The molecule has 9 rings (SSSR count). The van der Waals surface area contributed by atoms with Crippen molar-refractivity contribution in [2.45, 2.75) is 123 Å². The zero-order chi connectivity index (χ0) is 49.2. The van der Waals surface area contributed by atoms with Crippen LogP contribution in [0.1, 0.15) is 126 Å². The number of benzene rings is 8. The Bertz CT molecular complexity index is 2970. The van der Waals surface area contributed by atoms with E-state index in [-0.39, 0.29) is 17.0 Å². The third-order valence-electron chi connectivity index (χ3n) is 14.9. The smallest absolute Gasteiger partial charge is 0.125 e. The fraction of sp³-hybridized carbons (Fsp3) is 0.284. The summed E-state index contributed by atoms with van der Waals surface area (Å²) >= 11 is 0. The van der Waals surface area contributed by atoms with Crippen molar-refractivity contribution in [3.8, 4) is 33.4 Å². The summed E-state index contributed by atoms with van der Waals surface area (Å²) in [5, 5.41) is 0. The van der Waals surface area contributed by atoms with Crippen molar-refractivity contribution in [2.75, 3.05) is 9.80 Å². The maximum absolute atomic E-state index is 15.0. The largest absolute Gasteiger partial charge is 0.310 e. The van der Waals surface area contributed by atoms with Gasteiger partial charge in [-0.2, -0.15) is 0 Å². The highest BCUT2D eigenvalue weighted by Gasteiger charge is 2.42. The van der Waals surface area contributed by atoms with Crippen molar-refractivity contribution >= 4 is 34.1 Å². The van der Waals surface area contributed by atoms with E-state index in [0.717, 1.165) is 50.8 Å². The van der Waals surface area contributed by atoms with E-state index in [2.05, 4.69) is 171 Å². The topological polar surface area (TPSA) is 6.48 Å². The average Bonchev–Trinajstić information content (AvgIpc) is 3.65. The van der Waals surface area contributed by atoms with Crippen LogP contribution in [-0.4, -0.2) is 0 Å². The Morgan fingerprint density at radius 2 is 0.704 bits per heavy atom. The molecule has 1 aliphatic carbocycles. The van der Waals surface area contributed by atoms with E-state index >= 15 is 4.39 Å². The highest BCUT2D eigenvalue weighted by molar-refractivity contribution is 5.86. The molecule has 0 fully saturated rings. The molecule has 8 aromatic rings. The van der Waals surface area contributed by atoms with E-state index in [1.807, 2.05) is 12.1 Å². The van der Waals surface area contributed by atoms with Gasteiger partial charge in [0.1, 0.15) is 11.6 Å². The number of rotatable bonds is 22. The van der Waals surface area contributed by atoms with Crippen molar-refractivity contribution in [1.29, 1.82) is 0 Å². The van der Waals surface area contributed by atoms with Crippen molar-refractivity contribution in [3.63, 3.8) is 0 Å². The molecule has 0 amide bonds. The fourth-order valence-electron chi connectivity index (χ4n) is 11.1. The lowest BCUT2D eigenvalue weighted by Gasteiger charge is -2.33. The first-order valence-corrected chi connectivity index (χ1v) is 26.5. The molecule has 71 heavy (non-hydrogen) atoms. The number of hydrogen-bond donors (Lipinski definition) is 0. The van der Waals surface area contributed by atoms with Gasteiger partial charge in [-0.05, 0) is 162 Å². The van der Waals surface area contributed by atoms with Gasteiger partial charge < -0.3 is 9.80 Å². The summed E-state index contributed by atoms with van der Waals surface area (Å²) in [6.07, 6.45) is 18.0. The molecule has 8 aromatic carbocycles. The van der Waals surface area contributed by atoms with Crippen molar-refractivity contribution < 1.29 is 8.78 Å². The molecule has 0 saturated heterocycles. The quantitative estimate of drug-likeness (QED) is 0.0625. The van der Waals surface area contributed by atoms with E-state index in [9.17, 15) is 4.39 Å². The second kappa shape index (κ2) is 23.0. The van der Waals surface area contributed by atoms with Crippen LogP contribution in [0.2, 0.25) is 0 Å². The molecule has 0 saturated carbocycles. The van der Waals surface area contributed by atoms with Crippen LogP contribution < -0.4 is 9.80 Å². The van der Waals surface area contributed by atoms with E-state index in [1.165, 1.54) is 135 Å². The molecule has 0 N–H and O–H groups in total. The van der Waals surface area contributed by atoms with Crippen LogP contribution in [0.3, 0.4) is 0 Å². The van der Waals surface area contributed by atoms with Gasteiger partial charge in [0.15, 0.2) is 0 Å². The number of halogens is 2. The molecule has 0 aromatic heterocycles. The van der Waals surface area contributed by atoms with E-state index in [0.29, 0.717) is 0 Å². The van der Waals surface area contributed by atoms with Crippen molar-refractivity contribution in [3.05, 3.63) is 216 Å². The zero-order valence-corrected chi connectivity index (χ0v) is 42.4. The predicted molar refractivity (Wildman–Crippen MR) is 298 cm³/mol. The second-order valence-corrected chi connectivity index (χ2v) is 20.0. The molecule has 0 bridgehead atoms. The summed E-state index contributed by atoms with van der Waals surface area (Å²) in [7, 11) is 0. The fourth-order valence-corrected chi connectivity index (χ4v) is 11.1. The molecule has 362 valence electrons. The molecular formula is C67H70F2N2. The van der Waals surface area contributed by atoms with Gasteiger partial charge in [-0.25, -0.2) is 8.78 Å². The Labute approximate surface area is 423 Å². The van der Waals surface area contributed by atoms with Crippen molar-refractivity contribution in [1.82, 2.24) is 0 Å². The Morgan fingerprint density at radius 1 is 0.338 bits per heavy atom. The first-order chi connectivity index (χ1) is 34.7. The van der Waals surface area contributed by atoms with E-state index in [4.69, 9.17) is 0 Å².